The van der Waals surface area contributed by atoms with E-state index in [2.05, 4.69) is 13.8 Å². The Balaban J connectivity index is 2.48. The molecule has 2 unspecified atom stereocenters. The van der Waals surface area contributed by atoms with Crippen LogP contribution < -0.4 is 0 Å². The van der Waals surface area contributed by atoms with E-state index in [0.29, 0.717) is 13.2 Å². The Morgan fingerprint density at radius 2 is 2.29 bits per heavy atom. The average molecular weight is 200 g/mol. The van der Waals surface area contributed by atoms with Crippen LogP contribution in [0, 0.1) is 11.3 Å². The normalized spacial score (nSPS) is 27.3. The maximum Gasteiger partial charge on any atom is 0.309 e. The lowest BCUT2D eigenvalue weighted by molar-refractivity contribution is -0.157. The number of carbonyl (C=O) groups is 1. The van der Waals surface area contributed by atoms with Crippen molar-refractivity contribution in [2.75, 3.05) is 13.2 Å². The van der Waals surface area contributed by atoms with Crippen LogP contribution in [0.1, 0.15) is 34.1 Å². The highest BCUT2D eigenvalue weighted by molar-refractivity contribution is 5.72. The molecule has 1 aliphatic rings. The molecular formula is C11H20O3. The van der Waals surface area contributed by atoms with Crippen LogP contribution in [0.5, 0.6) is 0 Å². The van der Waals surface area contributed by atoms with Gasteiger partial charge in [0.1, 0.15) is 6.10 Å². The standard InChI is InChI=1S/C11H20O3/c1-5-8(2)10(12)14-9-6-13-7-11(9,3)4/h8-9H,5-7H2,1-4H3. The average Bonchev–Trinajstić information content (AvgIpc) is 2.44. The molecule has 0 spiro atoms. The predicted molar refractivity (Wildman–Crippen MR) is 53.9 cm³/mol. The molecule has 0 N–H and O–H groups in total. The van der Waals surface area contributed by atoms with Gasteiger partial charge >= 0.3 is 5.97 Å². The largest absolute Gasteiger partial charge is 0.459 e. The molecule has 1 fully saturated rings. The molecule has 0 saturated carbocycles. The third kappa shape index (κ3) is 2.47. The summed E-state index contributed by atoms with van der Waals surface area (Å²) < 4.78 is 10.7. The topological polar surface area (TPSA) is 35.5 Å². The van der Waals surface area contributed by atoms with E-state index >= 15 is 0 Å². The summed E-state index contributed by atoms with van der Waals surface area (Å²) in [6, 6.07) is 0. The maximum atomic E-state index is 11.5. The van der Waals surface area contributed by atoms with Gasteiger partial charge in [-0.15, -0.1) is 0 Å². The molecule has 0 aliphatic carbocycles. The highest BCUT2D eigenvalue weighted by Crippen LogP contribution is 2.30. The second-order valence-electron chi connectivity index (χ2n) is 4.74. The van der Waals surface area contributed by atoms with E-state index in [1.165, 1.54) is 0 Å². The van der Waals surface area contributed by atoms with Crippen molar-refractivity contribution in [3.8, 4) is 0 Å². The number of hydrogen-bond donors (Lipinski definition) is 0. The van der Waals surface area contributed by atoms with Gasteiger partial charge in [0.05, 0.1) is 19.1 Å². The van der Waals surface area contributed by atoms with Crippen LogP contribution in [0.4, 0.5) is 0 Å². The minimum Gasteiger partial charge on any atom is -0.459 e. The number of rotatable bonds is 3. The van der Waals surface area contributed by atoms with Gasteiger partial charge in [-0.25, -0.2) is 0 Å². The molecule has 14 heavy (non-hydrogen) atoms. The Hall–Kier alpha value is -0.570. The van der Waals surface area contributed by atoms with Gasteiger partial charge in [0.25, 0.3) is 0 Å². The van der Waals surface area contributed by atoms with Gasteiger partial charge in [0.15, 0.2) is 0 Å². The summed E-state index contributed by atoms with van der Waals surface area (Å²) in [7, 11) is 0. The molecule has 0 aromatic heterocycles. The number of carbonyl (C=O) groups excluding carboxylic acids is 1. The highest BCUT2D eigenvalue weighted by Gasteiger charge is 2.39. The third-order valence-electron chi connectivity index (χ3n) is 2.89. The van der Waals surface area contributed by atoms with Crippen molar-refractivity contribution in [1.82, 2.24) is 0 Å². The Kier molecular flexibility index (Phi) is 3.53. The number of ether oxygens (including phenoxy) is 2. The van der Waals surface area contributed by atoms with E-state index in [1.54, 1.807) is 0 Å². The fourth-order valence-electron chi connectivity index (χ4n) is 1.36. The summed E-state index contributed by atoms with van der Waals surface area (Å²) in [6.07, 6.45) is 0.747. The van der Waals surface area contributed by atoms with Crippen molar-refractivity contribution in [3.63, 3.8) is 0 Å². The van der Waals surface area contributed by atoms with E-state index in [0.717, 1.165) is 6.42 Å². The molecule has 3 heteroatoms. The van der Waals surface area contributed by atoms with Crippen LogP contribution in [0.15, 0.2) is 0 Å². The SMILES string of the molecule is CCC(C)C(=O)OC1COCC1(C)C. The lowest BCUT2D eigenvalue weighted by Gasteiger charge is -2.25. The van der Waals surface area contributed by atoms with Crippen LogP contribution in [0.25, 0.3) is 0 Å². The molecule has 1 aliphatic heterocycles. The first-order chi connectivity index (χ1) is 6.47. The summed E-state index contributed by atoms with van der Waals surface area (Å²) >= 11 is 0. The molecule has 1 rings (SSSR count). The monoisotopic (exact) mass is 200 g/mol. The van der Waals surface area contributed by atoms with Gasteiger partial charge in [-0.1, -0.05) is 27.7 Å². The molecule has 0 bridgehead atoms. The van der Waals surface area contributed by atoms with Crippen molar-refractivity contribution in [3.05, 3.63) is 0 Å². The Morgan fingerprint density at radius 1 is 1.64 bits per heavy atom. The second kappa shape index (κ2) is 4.30. The van der Waals surface area contributed by atoms with Gasteiger partial charge in [-0.2, -0.15) is 0 Å². The van der Waals surface area contributed by atoms with Crippen LogP contribution in [-0.4, -0.2) is 25.3 Å². The van der Waals surface area contributed by atoms with Crippen molar-refractivity contribution in [1.29, 1.82) is 0 Å². The zero-order valence-electron chi connectivity index (χ0n) is 9.50. The summed E-state index contributed by atoms with van der Waals surface area (Å²) in [5.41, 5.74) is -0.0386. The molecule has 1 saturated heterocycles. The van der Waals surface area contributed by atoms with Crippen LogP contribution in [0.3, 0.4) is 0 Å². The third-order valence-corrected chi connectivity index (χ3v) is 2.89. The number of esters is 1. The lowest BCUT2D eigenvalue weighted by atomic mass is 9.90. The molecule has 0 aromatic rings. The highest BCUT2D eigenvalue weighted by atomic mass is 16.6. The smallest absolute Gasteiger partial charge is 0.309 e. The second-order valence-corrected chi connectivity index (χ2v) is 4.74. The Labute approximate surface area is 85.8 Å². The molecule has 0 amide bonds. The first-order valence-electron chi connectivity index (χ1n) is 5.25. The van der Waals surface area contributed by atoms with Gasteiger partial charge < -0.3 is 9.47 Å². The lowest BCUT2D eigenvalue weighted by Crippen LogP contribution is -2.33. The summed E-state index contributed by atoms with van der Waals surface area (Å²) in [6.45, 7) is 9.22. The zero-order valence-corrected chi connectivity index (χ0v) is 9.50. The fourth-order valence-corrected chi connectivity index (χ4v) is 1.36. The van der Waals surface area contributed by atoms with E-state index in [4.69, 9.17) is 9.47 Å². The molecule has 1 heterocycles. The predicted octanol–water partition coefficient (Wildman–Crippen LogP) is 2.00. The van der Waals surface area contributed by atoms with Gasteiger partial charge in [0, 0.05) is 5.41 Å². The van der Waals surface area contributed by atoms with Crippen molar-refractivity contribution in [2.45, 2.75) is 40.2 Å². The first kappa shape index (κ1) is 11.5. The van der Waals surface area contributed by atoms with Crippen molar-refractivity contribution < 1.29 is 14.3 Å². The first-order valence-corrected chi connectivity index (χ1v) is 5.25. The van der Waals surface area contributed by atoms with Gasteiger partial charge in [-0.3, -0.25) is 4.79 Å². The molecule has 0 aromatic carbocycles. The van der Waals surface area contributed by atoms with E-state index in [-0.39, 0.29) is 23.4 Å². The molecule has 3 nitrogen and oxygen atoms in total. The number of hydrogen-bond acceptors (Lipinski definition) is 3. The molecule has 82 valence electrons. The summed E-state index contributed by atoms with van der Waals surface area (Å²) in [5.74, 6) is -0.109. The minimum absolute atomic E-state index is 0.00796. The van der Waals surface area contributed by atoms with Crippen LogP contribution in [-0.2, 0) is 14.3 Å². The summed E-state index contributed by atoms with van der Waals surface area (Å²) in [5, 5.41) is 0. The fraction of sp³-hybridized carbons (Fsp3) is 0.909. The minimum atomic E-state index is -0.101. The Morgan fingerprint density at radius 3 is 2.71 bits per heavy atom. The van der Waals surface area contributed by atoms with Gasteiger partial charge in [0.2, 0.25) is 0 Å². The van der Waals surface area contributed by atoms with Crippen LogP contribution >= 0.6 is 0 Å². The quantitative estimate of drug-likeness (QED) is 0.654. The zero-order chi connectivity index (χ0) is 10.8. The van der Waals surface area contributed by atoms with Gasteiger partial charge in [-0.05, 0) is 6.42 Å². The van der Waals surface area contributed by atoms with Crippen LogP contribution in [0.2, 0.25) is 0 Å². The molecule has 0 radical (unpaired) electrons. The van der Waals surface area contributed by atoms with Crippen molar-refractivity contribution >= 4 is 5.97 Å². The van der Waals surface area contributed by atoms with E-state index in [9.17, 15) is 4.79 Å². The summed E-state index contributed by atoms with van der Waals surface area (Å²) in [4.78, 5) is 11.5. The molecule has 2 atom stereocenters. The molecular weight excluding hydrogens is 180 g/mol. The van der Waals surface area contributed by atoms with E-state index < -0.39 is 0 Å². The van der Waals surface area contributed by atoms with Crippen molar-refractivity contribution in [2.24, 2.45) is 11.3 Å². The maximum absolute atomic E-state index is 11.5. The Bertz CT molecular complexity index is 211. The van der Waals surface area contributed by atoms with E-state index in [1.807, 2.05) is 13.8 Å².